The number of primary amides is 1. The molecule has 1 amide bonds. The number of nitrogens with two attached hydrogens (primary N) is 1. The van der Waals surface area contributed by atoms with Crippen LogP contribution in [0.2, 0.25) is 0 Å². The lowest BCUT2D eigenvalue weighted by Crippen LogP contribution is -2.13. The molecule has 0 saturated heterocycles. The number of nitrogens with one attached hydrogen (secondary N) is 1. The van der Waals surface area contributed by atoms with Gasteiger partial charge < -0.3 is 20.5 Å². The molecule has 1 aromatic carbocycles. The number of anilines is 1. The molecule has 8 nitrogen and oxygen atoms in total. The molecule has 0 aliphatic rings. The number of amides is 1. The molecule has 8 heteroatoms. The van der Waals surface area contributed by atoms with Gasteiger partial charge in [0.15, 0.2) is 0 Å². The Kier molecular flexibility index (Phi) is 7.13. The Balaban J connectivity index is 2.51. The first-order chi connectivity index (χ1) is 10.1. The van der Waals surface area contributed by atoms with E-state index >= 15 is 0 Å². The second-order valence-electron chi connectivity index (χ2n) is 4.24. The maximum absolute atomic E-state index is 11.0. The monoisotopic (exact) mass is 297 g/mol. The molecular weight excluding hydrogens is 278 g/mol. The lowest BCUT2D eigenvalue weighted by Gasteiger charge is -2.08. The molecule has 0 fully saturated rings. The van der Waals surface area contributed by atoms with E-state index in [1.807, 2.05) is 0 Å². The zero-order valence-electron chi connectivity index (χ0n) is 11.8. The van der Waals surface area contributed by atoms with Crippen molar-refractivity contribution in [3.63, 3.8) is 0 Å². The van der Waals surface area contributed by atoms with Crippen molar-refractivity contribution in [2.24, 2.45) is 5.73 Å². The smallest absolute Gasteiger partial charge is 0.293 e. The molecule has 0 bridgehead atoms. The van der Waals surface area contributed by atoms with Crippen molar-refractivity contribution in [1.29, 1.82) is 0 Å². The van der Waals surface area contributed by atoms with Crippen LogP contribution in [0.15, 0.2) is 18.2 Å². The number of nitrogens with zero attached hydrogens (tertiary/aromatic N) is 1. The van der Waals surface area contributed by atoms with Crippen molar-refractivity contribution in [2.45, 2.75) is 6.42 Å². The second-order valence-corrected chi connectivity index (χ2v) is 4.24. The number of hydrogen-bond donors (Lipinski definition) is 2. The van der Waals surface area contributed by atoms with Gasteiger partial charge in [-0.1, -0.05) is 0 Å². The van der Waals surface area contributed by atoms with Gasteiger partial charge in [0, 0.05) is 31.9 Å². The van der Waals surface area contributed by atoms with Crippen molar-refractivity contribution in [1.82, 2.24) is 0 Å². The van der Waals surface area contributed by atoms with E-state index in [2.05, 4.69) is 5.32 Å². The summed E-state index contributed by atoms with van der Waals surface area (Å²) in [4.78, 5) is 21.5. The average molecular weight is 297 g/mol. The molecule has 0 saturated carbocycles. The molecule has 1 rings (SSSR count). The predicted octanol–water partition coefficient (Wildman–Crippen LogP) is 1.16. The molecular formula is C13H19N3O5. The summed E-state index contributed by atoms with van der Waals surface area (Å²) in [6.45, 7) is 2.10. The minimum absolute atomic E-state index is 0.107. The van der Waals surface area contributed by atoms with Crippen molar-refractivity contribution in [2.75, 3.05) is 38.8 Å². The summed E-state index contributed by atoms with van der Waals surface area (Å²) in [5, 5.41) is 13.9. The highest BCUT2D eigenvalue weighted by Crippen LogP contribution is 2.25. The number of benzene rings is 1. The highest BCUT2D eigenvalue weighted by atomic mass is 16.6. The van der Waals surface area contributed by atoms with Gasteiger partial charge in [0.25, 0.3) is 5.69 Å². The van der Waals surface area contributed by atoms with Gasteiger partial charge in [-0.05, 0) is 18.6 Å². The molecule has 0 atom stereocenters. The molecule has 116 valence electrons. The highest BCUT2D eigenvalue weighted by molar-refractivity contribution is 5.94. The molecule has 0 unspecified atom stereocenters. The summed E-state index contributed by atoms with van der Waals surface area (Å²) < 4.78 is 10.1. The first-order valence-corrected chi connectivity index (χ1v) is 6.45. The van der Waals surface area contributed by atoms with Gasteiger partial charge in [0.05, 0.1) is 18.1 Å². The van der Waals surface area contributed by atoms with Gasteiger partial charge >= 0.3 is 0 Å². The Morgan fingerprint density at radius 1 is 1.38 bits per heavy atom. The molecule has 3 N–H and O–H groups in total. The van der Waals surface area contributed by atoms with Crippen LogP contribution in [0.1, 0.15) is 16.8 Å². The molecule has 0 radical (unpaired) electrons. The van der Waals surface area contributed by atoms with Crippen molar-refractivity contribution in [3.8, 4) is 0 Å². The van der Waals surface area contributed by atoms with Crippen LogP contribution in [0.4, 0.5) is 11.4 Å². The largest absolute Gasteiger partial charge is 0.382 e. The van der Waals surface area contributed by atoms with Crippen LogP contribution < -0.4 is 11.1 Å². The minimum atomic E-state index is -0.698. The second kappa shape index (κ2) is 8.88. The van der Waals surface area contributed by atoms with Crippen LogP contribution in [-0.4, -0.2) is 44.3 Å². The van der Waals surface area contributed by atoms with Crippen LogP contribution in [-0.2, 0) is 9.47 Å². The number of hydrogen-bond acceptors (Lipinski definition) is 6. The van der Waals surface area contributed by atoms with Gasteiger partial charge in [0.1, 0.15) is 5.69 Å². The summed E-state index contributed by atoms with van der Waals surface area (Å²) in [6, 6.07) is 4.09. The molecule has 0 spiro atoms. The molecule has 1 aromatic rings. The average Bonchev–Trinajstić information content (AvgIpc) is 2.46. The van der Waals surface area contributed by atoms with E-state index in [0.717, 1.165) is 0 Å². The number of ether oxygens (including phenoxy) is 2. The first-order valence-electron chi connectivity index (χ1n) is 6.45. The standard InChI is InChI=1S/C13H19N3O5/c1-20-7-8-21-6-2-5-15-11-4-3-10(13(14)17)9-12(11)16(18)19/h3-4,9,15H,2,5-8H2,1H3,(H2,14,17). The topological polar surface area (TPSA) is 117 Å². The number of methoxy groups -OCH3 is 1. The summed E-state index contributed by atoms with van der Waals surface area (Å²) in [5.41, 5.74) is 5.38. The van der Waals surface area contributed by atoms with Crippen LogP contribution in [0.5, 0.6) is 0 Å². The molecule has 0 aliphatic heterocycles. The predicted molar refractivity (Wildman–Crippen MR) is 77.4 cm³/mol. The van der Waals surface area contributed by atoms with Crippen LogP contribution >= 0.6 is 0 Å². The molecule has 21 heavy (non-hydrogen) atoms. The van der Waals surface area contributed by atoms with Gasteiger partial charge in [-0.2, -0.15) is 0 Å². The summed E-state index contributed by atoms with van der Waals surface area (Å²) in [7, 11) is 1.60. The van der Waals surface area contributed by atoms with E-state index in [-0.39, 0.29) is 11.3 Å². The maximum atomic E-state index is 11.0. The quantitative estimate of drug-likeness (QED) is 0.380. The normalized spacial score (nSPS) is 10.3. The number of carbonyl (C=O) groups excluding carboxylic acids is 1. The fraction of sp³-hybridized carbons (Fsp3) is 0.462. The number of nitro benzene ring substituents is 1. The number of rotatable bonds is 10. The third kappa shape index (κ3) is 5.76. The van der Waals surface area contributed by atoms with Gasteiger partial charge in [-0.25, -0.2) is 0 Å². The van der Waals surface area contributed by atoms with Gasteiger partial charge in [0.2, 0.25) is 5.91 Å². The van der Waals surface area contributed by atoms with Gasteiger partial charge in [-0.3, -0.25) is 14.9 Å². The maximum Gasteiger partial charge on any atom is 0.293 e. The molecule has 0 heterocycles. The van der Waals surface area contributed by atoms with Crippen molar-refractivity contribution < 1.29 is 19.2 Å². The highest BCUT2D eigenvalue weighted by Gasteiger charge is 2.15. The first kappa shape index (κ1) is 16.9. The third-order valence-electron chi connectivity index (χ3n) is 2.69. The van der Waals surface area contributed by atoms with Crippen LogP contribution in [0.3, 0.4) is 0 Å². The Bertz CT molecular complexity index is 493. The zero-order chi connectivity index (χ0) is 15.7. The van der Waals surface area contributed by atoms with E-state index in [9.17, 15) is 14.9 Å². The number of carbonyl (C=O) groups is 1. The summed E-state index contributed by atoms with van der Waals surface area (Å²) >= 11 is 0. The van der Waals surface area contributed by atoms with E-state index < -0.39 is 10.8 Å². The molecule has 0 aromatic heterocycles. The Hall–Kier alpha value is -2.19. The summed E-state index contributed by atoms with van der Waals surface area (Å²) in [6.07, 6.45) is 0.693. The lowest BCUT2D eigenvalue weighted by molar-refractivity contribution is -0.384. The van der Waals surface area contributed by atoms with E-state index in [1.165, 1.54) is 18.2 Å². The van der Waals surface area contributed by atoms with Crippen molar-refractivity contribution in [3.05, 3.63) is 33.9 Å². The number of nitro groups is 1. The van der Waals surface area contributed by atoms with E-state index in [0.29, 0.717) is 38.5 Å². The minimum Gasteiger partial charge on any atom is -0.382 e. The summed E-state index contributed by atoms with van der Waals surface area (Å²) in [5.74, 6) is -0.698. The lowest BCUT2D eigenvalue weighted by atomic mass is 10.1. The Labute approximate surface area is 122 Å². The molecule has 0 aliphatic carbocycles. The van der Waals surface area contributed by atoms with Gasteiger partial charge in [-0.15, -0.1) is 0 Å². The fourth-order valence-electron chi connectivity index (χ4n) is 1.63. The van der Waals surface area contributed by atoms with E-state index in [4.69, 9.17) is 15.2 Å². The van der Waals surface area contributed by atoms with Crippen LogP contribution in [0.25, 0.3) is 0 Å². The Morgan fingerprint density at radius 2 is 2.14 bits per heavy atom. The Morgan fingerprint density at radius 3 is 2.76 bits per heavy atom. The van der Waals surface area contributed by atoms with Crippen LogP contribution in [0, 0.1) is 10.1 Å². The zero-order valence-corrected chi connectivity index (χ0v) is 11.8. The van der Waals surface area contributed by atoms with E-state index in [1.54, 1.807) is 7.11 Å². The SMILES string of the molecule is COCCOCCCNc1ccc(C(N)=O)cc1[N+](=O)[O-]. The third-order valence-corrected chi connectivity index (χ3v) is 2.69. The van der Waals surface area contributed by atoms with Crippen molar-refractivity contribution >= 4 is 17.3 Å². The fourth-order valence-corrected chi connectivity index (χ4v) is 1.63.